The van der Waals surface area contributed by atoms with Gasteiger partial charge in [-0.1, -0.05) is 29.8 Å². The van der Waals surface area contributed by atoms with Crippen LogP contribution in [0.15, 0.2) is 36.4 Å². The number of hydrazine groups is 1. The minimum absolute atomic E-state index is 0.0570. The van der Waals surface area contributed by atoms with Crippen molar-refractivity contribution in [3.63, 3.8) is 0 Å². The summed E-state index contributed by atoms with van der Waals surface area (Å²) < 4.78 is 18.7. The molecule has 0 bridgehead atoms. The summed E-state index contributed by atoms with van der Waals surface area (Å²) in [6.45, 7) is 4.11. The van der Waals surface area contributed by atoms with Crippen LogP contribution >= 0.6 is 0 Å². The monoisotopic (exact) mass is 288 g/mol. The molecule has 0 amide bonds. The van der Waals surface area contributed by atoms with Crippen LogP contribution in [0, 0.1) is 19.7 Å². The van der Waals surface area contributed by atoms with Crippen molar-refractivity contribution in [2.24, 2.45) is 5.84 Å². The number of aryl methyl sites for hydroxylation is 2. The Morgan fingerprint density at radius 1 is 1.19 bits per heavy atom. The topological polar surface area (TPSA) is 47.3 Å². The van der Waals surface area contributed by atoms with Crippen LogP contribution in [0.1, 0.15) is 28.3 Å². The number of ether oxygens (including phenoxy) is 1. The van der Waals surface area contributed by atoms with Gasteiger partial charge in [0.25, 0.3) is 0 Å². The molecular formula is C17H21FN2O. The Kier molecular flexibility index (Phi) is 4.94. The van der Waals surface area contributed by atoms with Gasteiger partial charge < -0.3 is 4.74 Å². The predicted molar refractivity (Wildman–Crippen MR) is 82.6 cm³/mol. The molecule has 0 aliphatic heterocycles. The summed E-state index contributed by atoms with van der Waals surface area (Å²) in [6.07, 6.45) is 0.612. The molecule has 0 spiro atoms. The van der Waals surface area contributed by atoms with Gasteiger partial charge in [-0.15, -0.1) is 0 Å². The van der Waals surface area contributed by atoms with Crippen molar-refractivity contribution in [1.82, 2.24) is 5.43 Å². The second kappa shape index (κ2) is 6.70. The first kappa shape index (κ1) is 15.5. The van der Waals surface area contributed by atoms with Crippen LogP contribution in [0.2, 0.25) is 0 Å². The first-order valence-electron chi connectivity index (χ1n) is 6.91. The predicted octanol–water partition coefficient (Wildman–Crippen LogP) is 3.20. The lowest BCUT2D eigenvalue weighted by molar-refractivity contribution is 0.386. The highest BCUT2D eigenvalue weighted by molar-refractivity contribution is 5.35. The standard InChI is InChI=1S/C17H21FN2O/c1-11-4-6-14(12(2)8-11)16(20-19)10-13-5-7-17(21-3)15(18)9-13/h4-9,16,20H,10,19H2,1-3H3. The van der Waals surface area contributed by atoms with E-state index in [1.54, 1.807) is 6.07 Å². The summed E-state index contributed by atoms with van der Waals surface area (Å²) in [6, 6.07) is 11.2. The second-order valence-electron chi connectivity index (χ2n) is 5.25. The van der Waals surface area contributed by atoms with Gasteiger partial charge >= 0.3 is 0 Å². The highest BCUT2D eigenvalue weighted by Crippen LogP contribution is 2.24. The van der Waals surface area contributed by atoms with E-state index in [4.69, 9.17) is 10.6 Å². The van der Waals surface area contributed by atoms with E-state index in [1.165, 1.54) is 24.3 Å². The molecule has 0 radical (unpaired) electrons. The molecular weight excluding hydrogens is 267 g/mol. The molecule has 3 N–H and O–H groups in total. The van der Waals surface area contributed by atoms with E-state index >= 15 is 0 Å². The molecule has 3 nitrogen and oxygen atoms in total. The Balaban J connectivity index is 2.24. The van der Waals surface area contributed by atoms with E-state index in [2.05, 4.69) is 37.5 Å². The summed E-state index contributed by atoms with van der Waals surface area (Å²) in [5, 5.41) is 0. The minimum atomic E-state index is -0.355. The first-order valence-corrected chi connectivity index (χ1v) is 6.91. The van der Waals surface area contributed by atoms with Crippen LogP contribution < -0.4 is 16.0 Å². The molecule has 2 aromatic rings. The van der Waals surface area contributed by atoms with E-state index in [9.17, 15) is 4.39 Å². The Labute approximate surface area is 124 Å². The molecule has 21 heavy (non-hydrogen) atoms. The van der Waals surface area contributed by atoms with Crippen LogP contribution in [-0.4, -0.2) is 7.11 Å². The van der Waals surface area contributed by atoms with Crippen LogP contribution in [0.3, 0.4) is 0 Å². The number of hydrogen-bond acceptors (Lipinski definition) is 3. The molecule has 0 aromatic heterocycles. The van der Waals surface area contributed by atoms with Crippen LogP contribution in [-0.2, 0) is 6.42 Å². The van der Waals surface area contributed by atoms with Gasteiger partial charge in [0.05, 0.1) is 13.2 Å². The van der Waals surface area contributed by atoms with E-state index in [0.29, 0.717) is 6.42 Å². The highest BCUT2D eigenvalue weighted by Gasteiger charge is 2.14. The maximum atomic E-state index is 13.8. The molecule has 1 unspecified atom stereocenters. The average Bonchev–Trinajstić information content (AvgIpc) is 2.45. The first-order chi connectivity index (χ1) is 10.0. The maximum Gasteiger partial charge on any atom is 0.165 e. The molecule has 0 aliphatic carbocycles. The van der Waals surface area contributed by atoms with Gasteiger partial charge in [0.15, 0.2) is 11.6 Å². The number of benzene rings is 2. The molecule has 0 fully saturated rings. The fraction of sp³-hybridized carbons (Fsp3) is 0.294. The van der Waals surface area contributed by atoms with E-state index < -0.39 is 0 Å². The SMILES string of the molecule is COc1ccc(CC(NN)c2ccc(C)cc2C)cc1F. The van der Waals surface area contributed by atoms with Crippen LogP contribution in [0.4, 0.5) is 4.39 Å². The molecule has 2 rings (SSSR count). The summed E-state index contributed by atoms with van der Waals surface area (Å²) in [5.74, 6) is 5.58. The number of hydrogen-bond donors (Lipinski definition) is 2. The maximum absolute atomic E-state index is 13.8. The largest absolute Gasteiger partial charge is 0.494 e. The van der Waals surface area contributed by atoms with E-state index in [1.807, 2.05) is 6.07 Å². The van der Waals surface area contributed by atoms with Crippen LogP contribution in [0.25, 0.3) is 0 Å². The van der Waals surface area contributed by atoms with Gasteiger partial charge in [-0.05, 0) is 49.1 Å². The summed E-state index contributed by atoms with van der Waals surface area (Å²) in [5.41, 5.74) is 7.20. The number of nitrogens with two attached hydrogens (primary N) is 1. The Hall–Kier alpha value is -1.91. The molecule has 0 saturated heterocycles. The van der Waals surface area contributed by atoms with Gasteiger partial charge in [0.2, 0.25) is 0 Å². The summed E-state index contributed by atoms with van der Waals surface area (Å²) >= 11 is 0. The van der Waals surface area contributed by atoms with Crippen molar-refractivity contribution in [2.75, 3.05) is 7.11 Å². The smallest absolute Gasteiger partial charge is 0.165 e. The van der Waals surface area contributed by atoms with Crippen molar-refractivity contribution in [1.29, 1.82) is 0 Å². The lowest BCUT2D eigenvalue weighted by Crippen LogP contribution is -2.30. The van der Waals surface area contributed by atoms with E-state index in [-0.39, 0.29) is 17.6 Å². The van der Waals surface area contributed by atoms with E-state index in [0.717, 1.165) is 11.1 Å². The lowest BCUT2D eigenvalue weighted by atomic mass is 9.94. The quantitative estimate of drug-likeness (QED) is 0.656. The second-order valence-corrected chi connectivity index (χ2v) is 5.25. The molecule has 2 aromatic carbocycles. The molecule has 112 valence electrons. The number of halogens is 1. The normalized spacial score (nSPS) is 12.2. The lowest BCUT2D eigenvalue weighted by Gasteiger charge is -2.19. The summed E-state index contributed by atoms with van der Waals surface area (Å²) in [7, 11) is 1.46. The third-order valence-corrected chi connectivity index (χ3v) is 3.66. The average molecular weight is 288 g/mol. The van der Waals surface area contributed by atoms with Crippen molar-refractivity contribution in [3.8, 4) is 5.75 Å². The third-order valence-electron chi connectivity index (χ3n) is 3.66. The minimum Gasteiger partial charge on any atom is -0.494 e. The zero-order valence-electron chi connectivity index (χ0n) is 12.6. The summed E-state index contributed by atoms with van der Waals surface area (Å²) in [4.78, 5) is 0. The Morgan fingerprint density at radius 3 is 2.52 bits per heavy atom. The Morgan fingerprint density at radius 2 is 1.95 bits per heavy atom. The highest BCUT2D eigenvalue weighted by atomic mass is 19.1. The fourth-order valence-electron chi connectivity index (χ4n) is 2.55. The number of nitrogens with one attached hydrogen (secondary N) is 1. The molecule has 0 saturated carbocycles. The molecule has 0 heterocycles. The Bertz CT molecular complexity index is 628. The molecule has 1 atom stereocenters. The molecule has 4 heteroatoms. The van der Waals surface area contributed by atoms with Gasteiger partial charge in [-0.3, -0.25) is 11.3 Å². The van der Waals surface area contributed by atoms with Gasteiger partial charge in [0.1, 0.15) is 0 Å². The fourth-order valence-corrected chi connectivity index (χ4v) is 2.55. The number of methoxy groups -OCH3 is 1. The zero-order chi connectivity index (χ0) is 15.4. The third kappa shape index (κ3) is 3.60. The van der Waals surface area contributed by atoms with Gasteiger partial charge in [-0.2, -0.15) is 0 Å². The van der Waals surface area contributed by atoms with Crippen molar-refractivity contribution >= 4 is 0 Å². The van der Waals surface area contributed by atoms with Crippen molar-refractivity contribution in [2.45, 2.75) is 26.3 Å². The van der Waals surface area contributed by atoms with Gasteiger partial charge in [-0.25, -0.2) is 4.39 Å². The molecule has 0 aliphatic rings. The van der Waals surface area contributed by atoms with Gasteiger partial charge in [0, 0.05) is 0 Å². The van der Waals surface area contributed by atoms with Crippen molar-refractivity contribution < 1.29 is 9.13 Å². The number of rotatable bonds is 5. The van der Waals surface area contributed by atoms with Crippen molar-refractivity contribution in [3.05, 3.63) is 64.5 Å². The zero-order valence-corrected chi connectivity index (χ0v) is 12.6. The van der Waals surface area contributed by atoms with Crippen LogP contribution in [0.5, 0.6) is 5.75 Å².